The highest BCUT2D eigenvalue weighted by molar-refractivity contribution is 7.06. The summed E-state index contributed by atoms with van der Waals surface area (Å²) in [5.74, 6) is -2.99. The number of hydrogen-bond donors (Lipinski definition) is 0. The van der Waals surface area contributed by atoms with E-state index in [2.05, 4.69) is 4.98 Å². The molecule has 0 radical (unpaired) electrons. The van der Waals surface area contributed by atoms with Crippen molar-refractivity contribution in [2.45, 2.75) is 13.0 Å². The predicted octanol–water partition coefficient (Wildman–Crippen LogP) is 3.20. The number of rotatable bonds is 5. The van der Waals surface area contributed by atoms with Crippen LogP contribution in [0.1, 0.15) is 20.9 Å². The molecule has 0 unspecified atom stereocenters. The van der Waals surface area contributed by atoms with E-state index in [1.165, 1.54) is 22.2 Å². The Labute approximate surface area is 144 Å². The Morgan fingerprint density at radius 3 is 2.44 bits per heavy atom. The van der Waals surface area contributed by atoms with Gasteiger partial charge in [0.2, 0.25) is 0 Å². The fourth-order valence-corrected chi connectivity index (χ4v) is 3.09. The lowest BCUT2D eigenvalue weighted by molar-refractivity contribution is 0.0992. The molecule has 2 aromatic carbocycles. The number of halogens is 3. The average Bonchev–Trinajstić information content (AvgIpc) is 2.91. The Morgan fingerprint density at radius 1 is 1.04 bits per heavy atom. The van der Waals surface area contributed by atoms with Crippen molar-refractivity contribution < 1.29 is 18.0 Å². The van der Waals surface area contributed by atoms with Crippen molar-refractivity contribution in [2.75, 3.05) is 0 Å². The Balaban J connectivity index is 1.75. The largest absolute Gasteiger partial charge is 0.358 e. The van der Waals surface area contributed by atoms with Crippen LogP contribution in [0.15, 0.2) is 47.3 Å². The van der Waals surface area contributed by atoms with Crippen LogP contribution in [0.5, 0.6) is 0 Å². The van der Waals surface area contributed by atoms with E-state index in [0.29, 0.717) is 5.56 Å². The molecule has 0 bridgehead atoms. The van der Waals surface area contributed by atoms with Crippen molar-refractivity contribution in [3.63, 3.8) is 0 Å². The molecule has 0 saturated carbocycles. The average molecular weight is 364 g/mol. The van der Waals surface area contributed by atoms with Crippen LogP contribution >= 0.6 is 11.5 Å². The molecule has 0 atom stereocenters. The number of Topliss-reactive ketones (excluding diaryl/α,β-unsaturated/α-hetero) is 1. The lowest BCUT2D eigenvalue weighted by Crippen LogP contribution is -2.16. The summed E-state index contributed by atoms with van der Waals surface area (Å²) in [5.41, 5.74) is 0.194. The highest BCUT2D eigenvalue weighted by Gasteiger charge is 2.14. The number of nitrogens with zero attached hydrogens (tertiary/aromatic N) is 2. The highest BCUT2D eigenvalue weighted by atomic mass is 32.1. The number of hydrogen-bond acceptors (Lipinski definition) is 4. The first-order valence-electron chi connectivity index (χ1n) is 7.22. The second-order valence-corrected chi connectivity index (χ2v) is 6.37. The lowest BCUT2D eigenvalue weighted by atomic mass is 10.1. The minimum absolute atomic E-state index is 0.00614. The van der Waals surface area contributed by atoms with Gasteiger partial charge in [-0.25, -0.2) is 21.9 Å². The molecule has 3 aromatic rings. The van der Waals surface area contributed by atoms with Crippen LogP contribution in [0, 0.1) is 17.5 Å². The Bertz CT molecular complexity index is 980. The zero-order valence-corrected chi connectivity index (χ0v) is 13.5. The fourth-order valence-electron chi connectivity index (χ4n) is 2.19. The zero-order valence-electron chi connectivity index (χ0n) is 12.7. The summed E-state index contributed by atoms with van der Waals surface area (Å²) in [6.45, 7) is 0.205. The number of carbonyl (C=O) groups is 1. The minimum Gasteiger partial charge on any atom is -0.294 e. The maximum absolute atomic E-state index is 13.2. The van der Waals surface area contributed by atoms with Crippen molar-refractivity contribution in [1.29, 1.82) is 0 Å². The van der Waals surface area contributed by atoms with Crippen LogP contribution in [0.25, 0.3) is 0 Å². The smallest absolute Gasteiger partial charge is 0.294 e. The molecule has 25 heavy (non-hydrogen) atoms. The molecule has 4 nitrogen and oxygen atoms in total. The van der Waals surface area contributed by atoms with Gasteiger partial charge in [-0.2, -0.15) is 4.98 Å². The molecular formula is C17H11F3N2O2S. The highest BCUT2D eigenvalue weighted by Crippen LogP contribution is 2.13. The first-order chi connectivity index (χ1) is 11.9. The van der Waals surface area contributed by atoms with E-state index in [1.54, 1.807) is 12.1 Å². The van der Waals surface area contributed by atoms with Gasteiger partial charge < -0.3 is 0 Å². The quantitative estimate of drug-likeness (QED) is 0.654. The van der Waals surface area contributed by atoms with Crippen molar-refractivity contribution in [2.24, 2.45) is 0 Å². The summed E-state index contributed by atoms with van der Waals surface area (Å²) in [4.78, 5) is 27.8. The van der Waals surface area contributed by atoms with Crippen molar-refractivity contribution in [1.82, 2.24) is 8.94 Å². The third kappa shape index (κ3) is 4.03. The summed E-state index contributed by atoms with van der Waals surface area (Å²) in [5, 5.41) is 0.266. The molecule has 0 fully saturated rings. The van der Waals surface area contributed by atoms with Gasteiger partial charge in [0.15, 0.2) is 17.4 Å². The van der Waals surface area contributed by atoms with E-state index in [1.807, 2.05) is 0 Å². The van der Waals surface area contributed by atoms with Crippen molar-refractivity contribution in [3.8, 4) is 0 Å². The standard InChI is InChI=1S/C17H11F3N2O2S/c18-12-4-1-10(2-5-12)9-22-17(24)21-16(25-22)8-15(23)11-3-6-13(19)14(20)7-11/h1-7H,8-9H2. The summed E-state index contributed by atoms with van der Waals surface area (Å²) < 4.78 is 40.3. The van der Waals surface area contributed by atoms with Crippen molar-refractivity contribution >= 4 is 17.3 Å². The molecule has 0 saturated heterocycles. The fraction of sp³-hybridized carbons (Fsp3) is 0.118. The van der Waals surface area contributed by atoms with Crippen molar-refractivity contribution in [3.05, 3.63) is 86.5 Å². The summed E-state index contributed by atoms with van der Waals surface area (Å²) in [6, 6.07) is 8.54. The molecule has 0 amide bonds. The molecule has 8 heteroatoms. The van der Waals surface area contributed by atoms with Gasteiger partial charge in [0.05, 0.1) is 13.0 Å². The number of carbonyl (C=O) groups excluding carboxylic acids is 1. The van der Waals surface area contributed by atoms with Gasteiger partial charge in [-0.3, -0.25) is 4.79 Å². The van der Waals surface area contributed by atoms with Gasteiger partial charge in [0.25, 0.3) is 0 Å². The maximum atomic E-state index is 13.2. The number of ketones is 1. The van der Waals surface area contributed by atoms with Crippen LogP contribution in [0.4, 0.5) is 13.2 Å². The van der Waals surface area contributed by atoms with E-state index < -0.39 is 23.1 Å². The van der Waals surface area contributed by atoms with Crippen LogP contribution in [-0.4, -0.2) is 14.7 Å². The molecule has 0 spiro atoms. The molecule has 1 aromatic heterocycles. The first kappa shape index (κ1) is 17.1. The topological polar surface area (TPSA) is 52.0 Å². The van der Waals surface area contributed by atoms with E-state index in [-0.39, 0.29) is 29.4 Å². The van der Waals surface area contributed by atoms with Crippen LogP contribution in [0.2, 0.25) is 0 Å². The predicted molar refractivity (Wildman–Crippen MR) is 86.3 cm³/mol. The van der Waals surface area contributed by atoms with E-state index in [9.17, 15) is 22.8 Å². The molecule has 128 valence electrons. The van der Waals surface area contributed by atoms with Gasteiger partial charge in [-0.15, -0.1) is 0 Å². The van der Waals surface area contributed by atoms with Crippen LogP contribution in [0.3, 0.4) is 0 Å². The molecular weight excluding hydrogens is 353 g/mol. The third-order valence-electron chi connectivity index (χ3n) is 3.44. The molecule has 0 aliphatic rings. The summed E-state index contributed by atoms with van der Waals surface area (Å²) >= 11 is 1.000. The second kappa shape index (κ2) is 7.02. The van der Waals surface area contributed by atoms with Crippen LogP contribution < -0.4 is 5.69 Å². The second-order valence-electron chi connectivity index (χ2n) is 5.27. The Morgan fingerprint density at radius 2 is 1.76 bits per heavy atom. The van der Waals surface area contributed by atoms with Gasteiger partial charge in [-0.1, -0.05) is 12.1 Å². The molecule has 0 N–H and O–H groups in total. The van der Waals surface area contributed by atoms with Crippen LogP contribution in [-0.2, 0) is 13.0 Å². The van der Waals surface area contributed by atoms with E-state index in [0.717, 1.165) is 23.7 Å². The number of benzene rings is 2. The monoisotopic (exact) mass is 364 g/mol. The first-order valence-corrected chi connectivity index (χ1v) is 7.99. The molecule has 1 heterocycles. The summed E-state index contributed by atoms with van der Waals surface area (Å²) in [7, 11) is 0. The SMILES string of the molecule is O=C(Cc1nc(=O)n(Cc2ccc(F)cc2)s1)c1ccc(F)c(F)c1. The lowest BCUT2D eigenvalue weighted by Gasteiger charge is -2.01. The molecule has 0 aliphatic heterocycles. The molecule has 0 aliphatic carbocycles. The normalized spacial score (nSPS) is 10.8. The third-order valence-corrected chi connectivity index (χ3v) is 4.39. The number of aromatic nitrogens is 2. The van der Waals surface area contributed by atoms with Gasteiger partial charge >= 0.3 is 5.69 Å². The minimum atomic E-state index is -1.11. The zero-order chi connectivity index (χ0) is 18.0. The van der Waals surface area contributed by atoms with E-state index >= 15 is 0 Å². The van der Waals surface area contributed by atoms with E-state index in [4.69, 9.17) is 0 Å². The summed E-state index contributed by atoms with van der Waals surface area (Å²) in [6.07, 6.45) is -0.193. The van der Waals surface area contributed by atoms with Gasteiger partial charge in [0.1, 0.15) is 10.8 Å². The Kier molecular flexibility index (Phi) is 4.80. The Hall–Kier alpha value is -2.74. The van der Waals surface area contributed by atoms with Gasteiger partial charge in [0, 0.05) is 5.56 Å². The molecule has 3 rings (SSSR count). The van der Waals surface area contributed by atoms with Gasteiger partial charge in [-0.05, 0) is 47.4 Å². The maximum Gasteiger partial charge on any atom is 0.358 e.